The molecule has 0 heterocycles. The molecule has 0 bridgehead atoms. The molecule has 168 valence electrons. The van der Waals surface area contributed by atoms with Gasteiger partial charge in [-0.05, 0) is 49.4 Å². The number of methoxy groups -OCH3 is 2. The van der Waals surface area contributed by atoms with E-state index >= 15 is 0 Å². The minimum absolute atomic E-state index is 0.0924. The van der Waals surface area contributed by atoms with Crippen molar-refractivity contribution >= 4 is 43.2 Å². The Morgan fingerprint density at radius 1 is 1.00 bits per heavy atom. The molecular formula is C23H23BrN2O5S. The number of amides is 1. The number of sulfonamides is 1. The molecule has 0 atom stereocenters. The van der Waals surface area contributed by atoms with E-state index in [1.807, 2.05) is 6.92 Å². The molecule has 1 amide bonds. The van der Waals surface area contributed by atoms with Crippen LogP contribution < -0.4 is 19.1 Å². The molecule has 0 saturated heterocycles. The second-order valence-electron chi connectivity index (χ2n) is 6.92. The van der Waals surface area contributed by atoms with E-state index < -0.39 is 22.5 Å². The molecule has 0 aliphatic heterocycles. The topological polar surface area (TPSA) is 84.9 Å². The van der Waals surface area contributed by atoms with E-state index in [2.05, 4.69) is 21.2 Å². The molecule has 0 aromatic heterocycles. The SMILES string of the molecule is COc1ccc(OC)c(NC(=O)CN(c2cccc(Br)c2)S(=O)(=O)c2ccc(C)cc2)c1. The number of halogens is 1. The summed E-state index contributed by atoms with van der Waals surface area (Å²) in [6, 6.07) is 18.2. The minimum Gasteiger partial charge on any atom is -0.497 e. The number of ether oxygens (including phenoxy) is 2. The molecule has 0 saturated carbocycles. The zero-order valence-corrected chi connectivity index (χ0v) is 20.2. The van der Waals surface area contributed by atoms with Crippen LogP contribution in [0.15, 0.2) is 76.1 Å². The molecule has 0 aliphatic rings. The Kier molecular flexibility index (Phi) is 7.42. The monoisotopic (exact) mass is 518 g/mol. The van der Waals surface area contributed by atoms with E-state index in [-0.39, 0.29) is 4.90 Å². The van der Waals surface area contributed by atoms with Gasteiger partial charge < -0.3 is 14.8 Å². The van der Waals surface area contributed by atoms with Crippen LogP contribution in [0, 0.1) is 6.92 Å². The molecule has 0 spiro atoms. The van der Waals surface area contributed by atoms with Crippen molar-refractivity contribution in [1.82, 2.24) is 0 Å². The third-order valence-electron chi connectivity index (χ3n) is 4.67. The number of rotatable bonds is 8. The molecule has 0 unspecified atom stereocenters. The molecule has 3 rings (SSSR count). The highest BCUT2D eigenvalue weighted by molar-refractivity contribution is 9.10. The molecule has 3 aromatic rings. The van der Waals surface area contributed by atoms with E-state index in [0.717, 1.165) is 9.87 Å². The van der Waals surface area contributed by atoms with Crippen molar-refractivity contribution in [3.63, 3.8) is 0 Å². The third kappa shape index (κ3) is 5.41. The van der Waals surface area contributed by atoms with E-state index in [9.17, 15) is 13.2 Å². The molecule has 0 radical (unpaired) electrons. The summed E-state index contributed by atoms with van der Waals surface area (Å²) in [6.45, 7) is 1.43. The smallest absolute Gasteiger partial charge is 0.264 e. The van der Waals surface area contributed by atoms with Crippen LogP contribution in [-0.4, -0.2) is 35.1 Å². The fourth-order valence-corrected chi connectivity index (χ4v) is 4.82. The molecule has 32 heavy (non-hydrogen) atoms. The highest BCUT2D eigenvalue weighted by Gasteiger charge is 2.27. The number of aryl methyl sites for hydroxylation is 1. The normalized spacial score (nSPS) is 11.0. The summed E-state index contributed by atoms with van der Waals surface area (Å²) in [5.41, 5.74) is 1.66. The van der Waals surface area contributed by atoms with Crippen LogP contribution in [0.2, 0.25) is 0 Å². The van der Waals surface area contributed by atoms with Gasteiger partial charge in [0, 0.05) is 10.5 Å². The second kappa shape index (κ2) is 10.1. The minimum atomic E-state index is -4.01. The number of hydrogen-bond donors (Lipinski definition) is 1. The number of nitrogens with one attached hydrogen (secondary N) is 1. The Morgan fingerprint density at radius 2 is 1.72 bits per heavy atom. The van der Waals surface area contributed by atoms with Gasteiger partial charge in [-0.2, -0.15) is 0 Å². The van der Waals surface area contributed by atoms with Crippen LogP contribution >= 0.6 is 15.9 Å². The zero-order valence-electron chi connectivity index (χ0n) is 17.8. The number of carbonyl (C=O) groups excluding carboxylic acids is 1. The van der Waals surface area contributed by atoms with Gasteiger partial charge in [0.25, 0.3) is 10.0 Å². The van der Waals surface area contributed by atoms with Gasteiger partial charge in [-0.3, -0.25) is 9.10 Å². The summed E-state index contributed by atoms with van der Waals surface area (Å²) >= 11 is 3.37. The average molecular weight is 519 g/mol. The van der Waals surface area contributed by atoms with Crippen molar-refractivity contribution in [2.45, 2.75) is 11.8 Å². The lowest BCUT2D eigenvalue weighted by Crippen LogP contribution is -2.38. The standard InChI is InChI=1S/C23H23BrN2O5S/c1-16-7-10-20(11-8-16)32(28,29)26(18-6-4-5-17(24)13-18)15-23(27)25-21-14-19(30-2)9-12-22(21)31-3/h4-14H,15H2,1-3H3,(H,25,27). The van der Waals surface area contributed by atoms with Crippen LogP contribution in [0.5, 0.6) is 11.5 Å². The predicted molar refractivity (Wildman–Crippen MR) is 128 cm³/mol. The van der Waals surface area contributed by atoms with Crippen molar-refractivity contribution in [2.24, 2.45) is 0 Å². The van der Waals surface area contributed by atoms with Crippen LogP contribution in [0.1, 0.15) is 5.56 Å². The maximum Gasteiger partial charge on any atom is 0.264 e. The fourth-order valence-electron chi connectivity index (χ4n) is 3.02. The Hall–Kier alpha value is -3.04. The van der Waals surface area contributed by atoms with Crippen LogP contribution in [0.4, 0.5) is 11.4 Å². The second-order valence-corrected chi connectivity index (χ2v) is 9.70. The largest absolute Gasteiger partial charge is 0.497 e. The Bertz CT molecular complexity index is 1210. The van der Waals surface area contributed by atoms with Crippen LogP contribution in [0.25, 0.3) is 0 Å². The summed E-state index contributed by atoms with van der Waals surface area (Å²) in [4.78, 5) is 13.0. The van der Waals surface area contributed by atoms with Gasteiger partial charge in [0.15, 0.2) is 0 Å². The summed E-state index contributed by atoms with van der Waals surface area (Å²) in [5.74, 6) is 0.416. The first-order valence-electron chi connectivity index (χ1n) is 9.61. The highest BCUT2D eigenvalue weighted by Crippen LogP contribution is 2.30. The Balaban J connectivity index is 1.96. The lowest BCUT2D eigenvalue weighted by atomic mass is 10.2. The van der Waals surface area contributed by atoms with Crippen molar-refractivity contribution < 1.29 is 22.7 Å². The van der Waals surface area contributed by atoms with Gasteiger partial charge in [-0.15, -0.1) is 0 Å². The van der Waals surface area contributed by atoms with E-state index in [0.29, 0.717) is 27.3 Å². The van der Waals surface area contributed by atoms with E-state index in [1.54, 1.807) is 54.6 Å². The number of hydrogen-bond acceptors (Lipinski definition) is 5. The van der Waals surface area contributed by atoms with Gasteiger partial charge >= 0.3 is 0 Å². The summed E-state index contributed by atoms with van der Waals surface area (Å²) in [5, 5.41) is 2.72. The number of anilines is 2. The van der Waals surface area contributed by atoms with Gasteiger partial charge in [0.05, 0.1) is 30.5 Å². The molecular weight excluding hydrogens is 496 g/mol. The van der Waals surface area contributed by atoms with E-state index in [4.69, 9.17) is 9.47 Å². The Morgan fingerprint density at radius 3 is 2.34 bits per heavy atom. The Labute approximate surface area is 196 Å². The molecule has 0 fully saturated rings. The maximum atomic E-state index is 13.5. The quantitative estimate of drug-likeness (QED) is 0.470. The predicted octanol–water partition coefficient (Wildman–Crippen LogP) is 4.61. The molecule has 3 aromatic carbocycles. The van der Waals surface area contributed by atoms with Crippen molar-refractivity contribution in [1.29, 1.82) is 0 Å². The van der Waals surface area contributed by atoms with Crippen molar-refractivity contribution in [3.05, 3.63) is 76.8 Å². The number of carbonyl (C=O) groups is 1. The van der Waals surface area contributed by atoms with Crippen LogP contribution in [0.3, 0.4) is 0 Å². The van der Waals surface area contributed by atoms with Gasteiger partial charge in [0.2, 0.25) is 5.91 Å². The lowest BCUT2D eigenvalue weighted by Gasteiger charge is -2.24. The molecule has 9 heteroatoms. The van der Waals surface area contributed by atoms with Crippen LogP contribution in [-0.2, 0) is 14.8 Å². The first-order valence-corrected chi connectivity index (χ1v) is 11.8. The summed E-state index contributed by atoms with van der Waals surface area (Å²) in [6.07, 6.45) is 0. The summed E-state index contributed by atoms with van der Waals surface area (Å²) in [7, 11) is -1.02. The molecule has 1 N–H and O–H groups in total. The fraction of sp³-hybridized carbons (Fsp3) is 0.174. The first-order chi connectivity index (χ1) is 15.2. The van der Waals surface area contributed by atoms with Crippen molar-refractivity contribution in [3.8, 4) is 11.5 Å². The maximum absolute atomic E-state index is 13.5. The van der Waals surface area contributed by atoms with Gasteiger partial charge in [-0.25, -0.2) is 8.42 Å². The lowest BCUT2D eigenvalue weighted by molar-refractivity contribution is -0.114. The number of nitrogens with zero attached hydrogens (tertiary/aromatic N) is 1. The van der Waals surface area contributed by atoms with Gasteiger partial charge in [-0.1, -0.05) is 39.7 Å². The molecule has 0 aliphatic carbocycles. The third-order valence-corrected chi connectivity index (χ3v) is 6.95. The average Bonchev–Trinajstić information content (AvgIpc) is 2.77. The number of benzene rings is 3. The van der Waals surface area contributed by atoms with E-state index in [1.165, 1.54) is 26.4 Å². The van der Waals surface area contributed by atoms with Crippen molar-refractivity contribution in [2.75, 3.05) is 30.4 Å². The molecule has 7 nitrogen and oxygen atoms in total. The first kappa shape index (κ1) is 23.6. The zero-order chi connectivity index (χ0) is 23.3. The highest BCUT2D eigenvalue weighted by atomic mass is 79.9. The summed E-state index contributed by atoms with van der Waals surface area (Å²) < 4.78 is 39.2. The van der Waals surface area contributed by atoms with Gasteiger partial charge in [0.1, 0.15) is 18.0 Å².